The molecule has 1 amide bonds. The molecule has 2 N–H and O–H groups in total. The maximum atomic E-state index is 12.4. The van der Waals surface area contributed by atoms with Crippen molar-refractivity contribution in [3.8, 4) is 5.69 Å². The number of nitrogens with zero attached hydrogens (tertiary/aromatic N) is 2. The van der Waals surface area contributed by atoms with E-state index in [1.165, 1.54) is 23.7 Å². The van der Waals surface area contributed by atoms with E-state index in [-0.39, 0.29) is 10.9 Å². The molecule has 1 aliphatic carbocycles. The van der Waals surface area contributed by atoms with Crippen LogP contribution in [-0.2, 0) is 4.79 Å². The number of carbonyl (C=O) groups excluding carboxylic acids is 1. The number of benzene rings is 1. The van der Waals surface area contributed by atoms with Crippen LogP contribution >= 0.6 is 11.6 Å². The van der Waals surface area contributed by atoms with E-state index in [0.717, 1.165) is 12.8 Å². The Morgan fingerprint density at radius 1 is 1.24 bits per heavy atom. The molecule has 1 aliphatic rings. The first-order chi connectivity index (χ1) is 12.1. The molecule has 0 atom stereocenters. The summed E-state index contributed by atoms with van der Waals surface area (Å²) in [7, 11) is 0. The van der Waals surface area contributed by atoms with Crippen molar-refractivity contribution in [1.29, 1.82) is 0 Å². The van der Waals surface area contributed by atoms with Crippen molar-refractivity contribution in [2.45, 2.75) is 38.1 Å². The van der Waals surface area contributed by atoms with Gasteiger partial charge in [0.05, 0.1) is 17.6 Å². The monoisotopic (exact) mass is 360 g/mol. The second kappa shape index (κ2) is 8.16. The highest BCUT2D eigenvalue weighted by atomic mass is 35.5. The highest BCUT2D eigenvalue weighted by Crippen LogP contribution is 2.18. The van der Waals surface area contributed by atoms with Gasteiger partial charge in [0.25, 0.3) is 5.56 Å². The van der Waals surface area contributed by atoms with Crippen molar-refractivity contribution < 1.29 is 4.79 Å². The summed E-state index contributed by atoms with van der Waals surface area (Å²) < 4.78 is 1.25. The van der Waals surface area contributed by atoms with Gasteiger partial charge in [-0.05, 0) is 25.0 Å². The molecule has 0 spiro atoms. The van der Waals surface area contributed by atoms with Crippen LogP contribution in [0.2, 0.25) is 5.02 Å². The molecular formula is C18H21ClN4O2. The van der Waals surface area contributed by atoms with Gasteiger partial charge in [-0.25, -0.2) is 0 Å². The van der Waals surface area contributed by atoms with Crippen molar-refractivity contribution in [3.63, 3.8) is 0 Å². The molecule has 0 radical (unpaired) electrons. The maximum absolute atomic E-state index is 12.4. The Hall–Kier alpha value is -2.34. The van der Waals surface area contributed by atoms with Crippen LogP contribution in [0.5, 0.6) is 0 Å². The third-order valence-electron chi connectivity index (χ3n) is 4.31. The summed E-state index contributed by atoms with van der Waals surface area (Å²) in [5.41, 5.74) is 0.692. The molecule has 2 aromatic rings. The fraction of sp³-hybridized carbons (Fsp3) is 0.389. The molecular weight excluding hydrogens is 340 g/mol. The first-order valence-corrected chi connectivity index (χ1v) is 8.89. The van der Waals surface area contributed by atoms with Crippen LogP contribution in [0, 0.1) is 0 Å². The fourth-order valence-electron chi connectivity index (χ4n) is 2.99. The smallest absolute Gasteiger partial charge is 0.292 e. The number of anilines is 1. The second-order valence-corrected chi connectivity index (χ2v) is 6.53. The van der Waals surface area contributed by atoms with Gasteiger partial charge in [-0.1, -0.05) is 42.6 Å². The van der Waals surface area contributed by atoms with Gasteiger partial charge in [-0.15, -0.1) is 0 Å². The Morgan fingerprint density at radius 3 is 2.68 bits per heavy atom. The maximum Gasteiger partial charge on any atom is 0.292 e. The zero-order valence-corrected chi connectivity index (χ0v) is 14.6. The lowest BCUT2D eigenvalue weighted by molar-refractivity contribution is -0.121. The summed E-state index contributed by atoms with van der Waals surface area (Å²) >= 11 is 6.16. The predicted molar refractivity (Wildman–Crippen MR) is 98.3 cm³/mol. The Bertz CT molecular complexity index is 785. The summed E-state index contributed by atoms with van der Waals surface area (Å²) in [6.45, 7) is 0.398. The Kier molecular flexibility index (Phi) is 5.71. The number of amides is 1. The minimum Gasteiger partial charge on any atom is -0.382 e. The summed E-state index contributed by atoms with van der Waals surface area (Å²) in [5, 5.41) is 10.3. The van der Waals surface area contributed by atoms with E-state index < -0.39 is 5.56 Å². The fourth-order valence-corrected chi connectivity index (χ4v) is 3.19. The van der Waals surface area contributed by atoms with E-state index in [1.807, 2.05) is 18.2 Å². The third kappa shape index (κ3) is 4.39. The van der Waals surface area contributed by atoms with Gasteiger partial charge in [-0.2, -0.15) is 9.78 Å². The Morgan fingerprint density at radius 2 is 1.96 bits per heavy atom. The van der Waals surface area contributed by atoms with Gasteiger partial charge < -0.3 is 10.6 Å². The lowest BCUT2D eigenvalue weighted by Crippen LogP contribution is -2.33. The van der Waals surface area contributed by atoms with E-state index in [4.69, 9.17) is 11.6 Å². The summed E-state index contributed by atoms with van der Waals surface area (Å²) in [4.78, 5) is 24.3. The Labute approximate surface area is 151 Å². The second-order valence-electron chi connectivity index (χ2n) is 6.15. The SMILES string of the molecule is O=C(CCNc1cnn(-c2ccccc2)c(=O)c1Cl)NC1CCCC1. The normalized spacial score (nSPS) is 14.4. The standard InChI is InChI=1S/C18H21ClN4O2/c19-17-15(20-11-10-16(24)22-13-6-4-5-7-13)12-21-23(18(17)25)14-8-2-1-3-9-14/h1-3,8-9,12-13,20H,4-7,10-11H2,(H,22,24). The van der Waals surface area contributed by atoms with Crippen LogP contribution in [0.1, 0.15) is 32.1 Å². The van der Waals surface area contributed by atoms with Gasteiger partial charge in [0, 0.05) is 19.0 Å². The molecule has 1 aromatic heterocycles. The van der Waals surface area contributed by atoms with Crippen LogP contribution in [0.25, 0.3) is 5.69 Å². The molecule has 1 aromatic carbocycles. The van der Waals surface area contributed by atoms with E-state index in [1.54, 1.807) is 12.1 Å². The highest BCUT2D eigenvalue weighted by Gasteiger charge is 2.17. The number of para-hydroxylation sites is 1. The van der Waals surface area contributed by atoms with E-state index in [0.29, 0.717) is 30.4 Å². The van der Waals surface area contributed by atoms with E-state index in [2.05, 4.69) is 15.7 Å². The molecule has 3 rings (SSSR count). The molecule has 132 valence electrons. The quantitative estimate of drug-likeness (QED) is 0.830. The largest absolute Gasteiger partial charge is 0.382 e. The zero-order chi connectivity index (χ0) is 17.6. The van der Waals surface area contributed by atoms with Crippen molar-refractivity contribution in [3.05, 3.63) is 51.9 Å². The van der Waals surface area contributed by atoms with Crippen LogP contribution in [-0.4, -0.2) is 28.3 Å². The van der Waals surface area contributed by atoms with Crippen molar-refractivity contribution in [2.24, 2.45) is 0 Å². The van der Waals surface area contributed by atoms with Crippen LogP contribution in [0.15, 0.2) is 41.3 Å². The molecule has 0 aliphatic heterocycles. The van der Waals surface area contributed by atoms with Gasteiger partial charge >= 0.3 is 0 Å². The molecule has 1 fully saturated rings. The van der Waals surface area contributed by atoms with Crippen LogP contribution < -0.4 is 16.2 Å². The zero-order valence-electron chi connectivity index (χ0n) is 13.9. The van der Waals surface area contributed by atoms with Gasteiger partial charge in [0.2, 0.25) is 5.91 Å². The third-order valence-corrected chi connectivity index (χ3v) is 4.67. The van der Waals surface area contributed by atoms with Gasteiger partial charge in [0.1, 0.15) is 5.02 Å². The molecule has 1 heterocycles. The molecule has 1 saturated carbocycles. The predicted octanol–water partition coefficient (Wildman–Crippen LogP) is 2.75. The van der Waals surface area contributed by atoms with Gasteiger partial charge in [-0.3, -0.25) is 9.59 Å². The molecule has 0 unspecified atom stereocenters. The molecule has 25 heavy (non-hydrogen) atoms. The molecule has 0 bridgehead atoms. The number of nitrogens with one attached hydrogen (secondary N) is 2. The summed E-state index contributed by atoms with van der Waals surface area (Å²) in [6.07, 6.45) is 6.32. The Balaban J connectivity index is 1.59. The van der Waals surface area contributed by atoms with Gasteiger partial charge in [0.15, 0.2) is 0 Å². The average Bonchev–Trinajstić information content (AvgIpc) is 3.12. The van der Waals surface area contributed by atoms with E-state index in [9.17, 15) is 9.59 Å². The number of aromatic nitrogens is 2. The number of rotatable bonds is 6. The number of hydrogen-bond acceptors (Lipinski definition) is 4. The van der Waals surface area contributed by atoms with Crippen molar-refractivity contribution in [1.82, 2.24) is 15.1 Å². The molecule has 0 saturated heterocycles. The molecule has 6 nitrogen and oxygen atoms in total. The summed E-state index contributed by atoms with van der Waals surface area (Å²) in [5.74, 6) is 0.0149. The lowest BCUT2D eigenvalue weighted by atomic mass is 10.2. The first kappa shape index (κ1) is 17.5. The number of halogens is 1. The first-order valence-electron chi connectivity index (χ1n) is 8.51. The van der Waals surface area contributed by atoms with Crippen LogP contribution in [0.3, 0.4) is 0 Å². The number of carbonyl (C=O) groups is 1. The lowest BCUT2D eigenvalue weighted by Gasteiger charge is -2.13. The topological polar surface area (TPSA) is 76.0 Å². The van der Waals surface area contributed by atoms with E-state index >= 15 is 0 Å². The average molecular weight is 361 g/mol. The van der Waals surface area contributed by atoms with Crippen LogP contribution in [0.4, 0.5) is 5.69 Å². The summed E-state index contributed by atoms with van der Waals surface area (Å²) in [6, 6.07) is 9.39. The van der Waals surface area contributed by atoms with Crippen molar-refractivity contribution in [2.75, 3.05) is 11.9 Å². The number of hydrogen-bond donors (Lipinski definition) is 2. The minimum absolute atomic E-state index is 0.0149. The van der Waals surface area contributed by atoms with Crippen molar-refractivity contribution >= 4 is 23.2 Å². The highest BCUT2D eigenvalue weighted by molar-refractivity contribution is 6.32. The minimum atomic E-state index is -0.395. The molecule has 7 heteroatoms.